The molecule has 0 saturated carbocycles. The Balaban J connectivity index is 2.03. The van der Waals surface area contributed by atoms with E-state index in [1.165, 1.54) is 19.3 Å². The van der Waals surface area contributed by atoms with Crippen LogP contribution in [0.1, 0.15) is 27.8 Å². The van der Waals surface area contributed by atoms with E-state index in [4.69, 9.17) is 20.8 Å². The lowest BCUT2D eigenvalue weighted by atomic mass is 10.1. The molecule has 2 aromatic rings. The maximum Gasteiger partial charge on any atom is 0.374 e. The molecule has 4 nitrogen and oxygen atoms in total. The molecule has 5 heteroatoms. The van der Waals surface area contributed by atoms with Crippen molar-refractivity contribution < 1.29 is 18.7 Å². The van der Waals surface area contributed by atoms with Gasteiger partial charge in [-0.2, -0.15) is 0 Å². The standard InChI is InChI=1S/C14H11ClO4/c1-9(19-14(17)12-3-2-8-18-12)13(16)10-4-6-11(15)7-5-10/h2-9H,1H3/t9-/m0/s1. The van der Waals surface area contributed by atoms with Crippen molar-refractivity contribution >= 4 is 23.4 Å². The molecule has 0 aliphatic rings. The van der Waals surface area contributed by atoms with E-state index in [-0.39, 0.29) is 11.5 Å². The first-order valence-electron chi connectivity index (χ1n) is 5.62. The topological polar surface area (TPSA) is 56.5 Å². The lowest BCUT2D eigenvalue weighted by Crippen LogP contribution is -2.24. The Morgan fingerprint density at radius 2 is 1.89 bits per heavy atom. The van der Waals surface area contributed by atoms with Crippen molar-refractivity contribution in [2.24, 2.45) is 0 Å². The van der Waals surface area contributed by atoms with E-state index in [1.807, 2.05) is 0 Å². The Morgan fingerprint density at radius 1 is 1.21 bits per heavy atom. The van der Waals surface area contributed by atoms with Crippen LogP contribution in [-0.4, -0.2) is 17.9 Å². The fourth-order valence-electron chi connectivity index (χ4n) is 1.52. The second-order valence-electron chi connectivity index (χ2n) is 3.90. The quantitative estimate of drug-likeness (QED) is 0.635. The lowest BCUT2D eigenvalue weighted by molar-refractivity contribution is 0.0289. The number of carbonyl (C=O) groups is 2. The minimum absolute atomic E-state index is 0.0655. The molecule has 0 radical (unpaired) electrons. The average Bonchev–Trinajstić information content (AvgIpc) is 2.92. The summed E-state index contributed by atoms with van der Waals surface area (Å²) in [5.41, 5.74) is 0.434. The first-order chi connectivity index (χ1) is 9.08. The van der Waals surface area contributed by atoms with Gasteiger partial charge in [0.05, 0.1) is 6.26 Å². The van der Waals surface area contributed by atoms with Crippen LogP contribution < -0.4 is 0 Å². The highest BCUT2D eigenvalue weighted by atomic mass is 35.5. The van der Waals surface area contributed by atoms with E-state index in [9.17, 15) is 9.59 Å². The zero-order chi connectivity index (χ0) is 13.8. The van der Waals surface area contributed by atoms with E-state index < -0.39 is 12.1 Å². The first-order valence-corrected chi connectivity index (χ1v) is 6.00. The Morgan fingerprint density at radius 3 is 2.47 bits per heavy atom. The van der Waals surface area contributed by atoms with Gasteiger partial charge in [0.2, 0.25) is 11.5 Å². The molecular weight excluding hydrogens is 268 g/mol. The van der Waals surface area contributed by atoms with Crippen LogP contribution >= 0.6 is 11.6 Å². The monoisotopic (exact) mass is 278 g/mol. The van der Waals surface area contributed by atoms with Gasteiger partial charge >= 0.3 is 5.97 Å². The molecule has 98 valence electrons. The number of rotatable bonds is 4. The van der Waals surface area contributed by atoms with Crippen molar-refractivity contribution in [3.05, 3.63) is 59.0 Å². The fourth-order valence-corrected chi connectivity index (χ4v) is 1.64. The summed E-state index contributed by atoms with van der Waals surface area (Å²) in [7, 11) is 0. The normalized spacial score (nSPS) is 11.9. The molecule has 1 heterocycles. The molecule has 1 aromatic carbocycles. The third-order valence-corrected chi connectivity index (χ3v) is 2.76. The summed E-state index contributed by atoms with van der Waals surface area (Å²) in [6, 6.07) is 9.43. The van der Waals surface area contributed by atoms with E-state index in [0.29, 0.717) is 10.6 Å². The SMILES string of the molecule is C[C@H](OC(=O)c1ccco1)C(=O)c1ccc(Cl)cc1. The largest absolute Gasteiger partial charge is 0.457 e. The second-order valence-corrected chi connectivity index (χ2v) is 4.33. The number of hydrogen-bond donors (Lipinski definition) is 0. The number of benzene rings is 1. The van der Waals surface area contributed by atoms with Gasteiger partial charge in [-0.25, -0.2) is 4.79 Å². The maximum atomic E-state index is 12.0. The summed E-state index contributed by atoms with van der Waals surface area (Å²) < 4.78 is 9.92. The lowest BCUT2D eigenvalue weighted by Gasteiger charge is -2.11. The minimum Gasteiger partial charge on any atom is -0.457 e. The van der Waals surface area contributed by atoms with E-state index in [2.05, 4.69) is 0 Å². The predicted molar refractivity (Wildman–Crippen MR) is 69.4 cm³/mol. The van der Waals surface area contributed by atoms with Crippen LogP contribution in [0.3, 0.4) is 0 Å². The van der Waals surface area contributed by atoms with Crippen LogP contribution in [0, 0.1) is 0 Å². The molecule has 0 aliphatic heterocycles. The van der Waals surface area contributed by atoms with Gasteiger partial charge in [0.25, 0.3) is 0 Å². The predicted octanol–water partition coefficient (Wildman–Crippen LogP) is 3.36. The van der Waals surface area contributed by atoms with Gasteiger partial charge in [-0.3, -0.25) is 4.79 Å². The molecular formula is C14H11ClO4. The summed E-state index contributed by atoms with van der Waals surface area (Å²) in [5, 5.41) is 0.539. The van der Waals surface area contributed by atoms with Crippen molar-refractivity contribution in [2.75, 3.05) is 0 Å². The zero-order valence-corrected chi connectivity index (χ0v) is 10.9. The van der Waals surface area contributed by atoms with Gasteiger partial charge in [-0.05, 0) is 43.3 Å². The first kappa shape index (κ1) is 13.4. The Labute approximate surface area is 114 Å². The minimum atomic E-state index is -0.890. The number of carbonyl (C=O) groups excluding carboxylic acids is 2. The van der Waals surface area contributed by atoms with Crippen LogP contribution in [0.2, 0.25) is 5.02 Å². The summed E-state index contributed by atoms with van der Waals surface area (Å²) >= 11 is 5.74. The molecule has 0 saturated heterocycles. The molecule has 0 bridgehead atoms. The molecule has 2 rings (SSSR count). The maximum absolute atomic E-state index is 12.0. The Bertz CT molecular complexity index is 572. The van der Waals surface area contributed by atoms with Gasteiger partial charge in [-0.15, -0.1) is 0 Å². The van der Waals surface area contributed by atoms with Crippen LogP contribution in [0.5, 0.6) is 0 Å². The highest BCUT2D eigenvalue weighted by Gasteiger charge is 2.21. The zero-order valence-electron chi connectivity index (χ0n) is 10.1. The Kier molecular flexibility index (Phi) is 4.02. The molecule has 1 aromatic heterocycles. The van der Waals surface area contributed by atoms with E-state index in [0.717, 1.165) is 0 Å². The van der Waals surface area contributed by atoms with Crippen molar-refractivity contribution in [1.29, 1.82) is 0 Å². The van der Waals surface area contributed by atoms with Crippen LogP contribution in [0.4, 0.5) is 0 Å². The fraction of sp³-hybridized carbons (Fsp3) is 0.143. The highest BCUT2D eigenvalue weighted by Crippen LogP contribution is 2.13. The van der Waals surface area contributed by atoms with Gasteiger partial charge in [0.1, 0.15) is 0 Å². The van der Waals surface area contributed by atoms with Gasteiger partial charge in [0.15, 0.2) is 6.10 Å². The Hall–Kier alpha value is -2.07. The molecule has 0 fully saturated rings. The average molecular weight is 279 g/mol. The third-order valence-electron chi connectivity index (χ3n) is 2.50. The smallest absolute Gasteiger partial charge is 0.374 e. The van der Waals surface area contributed by atoms with Crippen LogP contribution in [0.25, 0.3) is 0 Å². The highest BCUT2D eigenvalue weighted by molar-refractivity contribution is 6.30. The molecule has 0 unspecified atom stereocenters. The van der Waals surface area contributed by atoms with Gasteiger partial charge in [0, 0.05) is 10.6 Å². The summed E-state index contributed by atoms with van der Waals surface area (Å²) in [4.78, 5) is 23.6. The molecule has 0 amide bonds. The molecule has 19 heavy (non-hydrogen) atoms. The number of ketones is 1. The van der Waals surface area contributed by atoms with Crippen molar-refractivity contribution in [3.63, 3.8) is 0 Å². The number of esters is 1. The molecule has 0 N–H and O–H groups in total. The number of furan rings is 1. The number of Topliss-reactive ketones (excluding diaryl/α,β-unsaturated/α-hetero) is 1. The summed E-state index contributed by atoms with van der Waals surface area (Å²) in [6.07, 6.45) is 0.473. The third kappa shape index (κ3) is 3.23. The van der Waals surface area contributed by atoms with E-state index in [1.54, 1.807) is 30.3 Å². The van der Waals surface area contributed by atoms with Crippen molar-refractivity contribution in [2.45, 2.75) is 13.0 Å². The van der Waals surface area contributed by atoms with Crippen LogP contribution in [-0.2, 0) is 4.74 Å². The van der Waals surface area contributed by atoms with Crippen molar-refractivity contribution in [3.8, 4) is 0 Å². The van der Waals surface area contributed by atoms with E-state index >= 15 is 0 Å². The number of hydrogen-bond acceptors (Lipinski definition) is 4. The van der Waals surface area contributed by atoms with Gasteiger partial charge < -0.3 is 9.15 Å². The molecule has 0 aliphatic carbocycles. The second kappa shape index (κ2) is 5.71. The molecule has 1 atom stereocenters. The van der Waals surface area contributed by atoms with Gasteiger partial charge in [-0.1, -0.05) is 11.6 Å². The van der Waals surface area contributed by atoms with Crippen LogP contribution in [0.15, 0.2) is 47.1 Å². The summed E-state index contributed by atoms with van der Waals surface area (Å²) in [5.74, 6) is -0.896. The number of ether oxygens (including phenoxy) is 1. The van der Waals surface area contributed by atoms with Crippen molar-refractivity contribution in [1.82, 2.24) is 0 Å². The molecule has 0 spiro atoms. The number of halogens is 1. The summed E-state index contributed by atoms with van der Waals surface area (Å²) in [6.45, 7) is 1.51.